The van der Waals surface area contributed by atoms with Crippen LogP contribution in [0, 0.1) is 0 Å². The molecule has 1 aliphatic rings. The Hall–Kier alpha value is -1.10. The molecule has 0 saturated carbocycles. The van der Waals surface area contributed by atoms with E-state index >= 15 is 0 Å². The van der Waals surface area contributed by atoms with E-state index in [0.29, 0.717) is 19.4 Å². The molecular formula is C11H21N3O2. The quantitative estimate of drug-likeness (QED) is 0.704. The highest BCUT2D eigenvalue weighted by Crippen LogP contribution is 2.13. The Morgan fingerprint density at radius 1 is 1.50 bits per heavy atom. The molecule has 0 radical (unpaired) electrons. The van der Waals surface area contributed by atoms with Gasteiger partial charge in [-0.1, -0.05) is 0 Å². The van der Waals surface area contributed by atoms with E-state index in [1.54, 1.807) is 11.8 Å². The first kappa shape index (κ1) is 13.0. The third-order valence-electron chi connectivity index (χ3n) is 2.76. The van der Waals surface area contributed by atoms with Crippen molar-refractivity contribution in [2.24, 2.45) is 5.73 Å². The Morgan fingerprint density at radius 2 is 2.12 bits per heavy atom. The molecule has 0 unspecified atom stereocenters. The number of nitrogens with zero attached hydrogens (tertiary/aromatic N) is 1. The van der Waals surface area contributed by atoms with Gasteiger partial charge in [0.25, 0.3) is 0 Å². The van der Waals surface area contributed by atoms with Gasteiger partial charge in [0.15, 0.2) is 0 Å². The summed E-state index contributed by atoms with van der Waals surface area (Å²) in [4.78, 5) is 25.0. The smallest absolute Gasteiger partial charge is 0.242 e. The first-order chi connectivity index (χ1) is 7.41. The maximum atomic E-state index is 11.8. The minimum Gasteiger partial charge on any atom is -0.352 e. The van der Waals surface area contributed by atoms with Crippen molar-refractivity contribution in [2.45, 2.75) is 51.7 Å². The van der Waals surface area contributed by atoms with Gasteiger partial charge in [0.05, 0.1) is 0 Å². The van der Waals surface area contributed by atoms with Crippen molar-refractivity contribution in [3.05, 3.63) is 0 Å². The van der Waals surface area contributed by atoms with E-state index in [9.17, 15) is 9.59 Å². The van der Waals surface area contributed by atoms with Crippen molar-refractivity contribution >= 4 is 11.8 Å². The summed E-state index contributed by atoms with van der Waals surface area (Å²) in [6, 6.07) is -0.350. The van der Waals surface area contributed by atoms with Gasteiger partial charge in [-0.25, -0.2) is 0 Å². The van der Waals surface area contributed by atoms with Crippen LogP contribution in [0.4, 0.5) is 0 Å². The second-order valence-corrected chi connectivity index (χ2v) is 4.68. The molecule has 1 heterocycles. The lowest BCUT2D eigenvalue weighted by atomic mass is 10.0. The summed E-state index contributed by atoms with van der Waals surface area (Å²) >= 11 is 0. The van der Waals surface area contributed by atoms with Gasteiger partial charge < -0.3 is 16.0 Å². The number of piperidine rings is 1. The monoisotopic (exact) mass is 227 g/mol. The van der Waals surface area contributed by atoms with Crippen molar-refractivity contribution in [3.63, 3.8) is 0 Å². The first-order valence-corrected chi connectivity index (χ1v) is 5.77. The van der Waals surface area contributed by atoms with Crippen molar-refractivity contribution in [2.75, 3.05) is 6.54 Å². The highest BCUT2D eigenvalue weighted by atomic mass is 16.2. The normalized spacial score (nSPS) is 23.4. The molecule has 1 aliphatic heterocycles. The van der Waals surface area contributed by atoms with Gasteiger partial charge in [-0.05, 0) is 27.2 Å². The first-order valence-electron chi connectivity index (χ1n) is 5.77. The zero-order valence-electron chi connectivity index (χ0n) is 10.2. The van der Waals surface area contributed by atoms with Crippen LogP contribution in [0.15, 0.2) is 0 Å². The number of hydrogen-bond acceptors (Lipinski definition) is 3. The van der Waals surface area contributed by atoms with Crippen LogP contribution in [0.1, 0.15) is 33.6 Å². The van der Waals surface area contributed by atoms with E-state index in [1.165, 1.54) is 0 Å². The molecule has 2 atom stereocenters. The van der Waals surface area contributed by atoms with E-state index in [2.05, 4.69) is 5.32 Å². The molecular weight excluding hydrogens is 206 g/mol. The lowest BCUT2D eigenvalue weighted by Gasteiger charge is -2.34. The number of nitrogens with one attached hydrogen (secondary N) is 1. The Labute approximate surface area is 96.4 Å². The molecule has 3 N–H and O–H groups in total. The summed E-state index contributed by atoms with van der Waals surface area (Å²) in [5.74, 6) is -0.0921. The molecule has 0 aromatic heterocycles. The summed E-state index contributed by atoms with van der Waals surface area (Å²) in [6.45, 7) is 6.02. The number of amides is 2. The van der Waals surface area contributed by atoms with Crippen molar-refractivity contribution in [1.29, 1.82) is 0 Å². The van der Waals surface area contributed by atoms with Gasteiger partial charge in [-0.3, -0.25) is 9.59 Å². The topological polar surface area (TPSA) is 75.4 Å². The molecule has 92 valence electrons. The molecule has 0 aliphatic carbocycles. The number of likely N-dealkylation sites (tertiary alicyclic amines) is 1. The average Bonchev–Trinajstić information content (AvgIpc) is 2.19. The van der Waals surface area contributed by atoms with E-state index in [0.717, 1.165) is 0 Å². The van der Waals surface area contributed by atoms with E-state index in [4.69, 9.17) is 5.73 Å². The molecule has 1 saturated heterocycles. The number of nitrogens with two attached hydrogens (primary N) is 1. The second kappa shape index (κ2) is 5.30. The van der Waals surface area contributed by atoms with Crippen molar-refractivity contribution in [3.8, 4) is 0 Å². The average molecular weight is 227 g/mol. The van der Waals surface area contributed by atoms with Crippen LogP contribution in [0.25, 0.3) is 0 Å². The Kier molecular flexibility index (Phi) is 4.29. The molecule has 1 fully saturated rings. The molecule has 5 heteroatoms. The Morgan fingerprint density at radius 3 is 2.69 bits per heavy atom. The molecule has 16 heavy (non-hydrogen) atoms. The Balaban J connectivity index is 2.60. The van der Waals surface area contributed by atoms with Gasteiger partial charge in [0.2, 0.25) is 11.8 Å². The van der Waals surface area contributed by atoms with Crippen LogP contribution in [0.5, 0.6) is 0 Å². The van der Waals surface area contributed by atoms with Crippen LogP contribution in [0.3, 0.4) is 0 Å². The van der Waals surface area contributed by atoms with Gasteiger partial charge in [-0.15, -0.1) is 0 Å². The van der Waals surface area contributed by atoms with Crippen LogP contribution < -0.4 is 11.1 Å². The molecule has 0 aromatic carbocycles. The number of carbonyl (C=O) groups excluding carboxylic acids is 2. The maximum absolute atomic E-state index is 11.8. The summed E-state index contributed by atoms with van der Waals surface area (Å²) in [5.41, 5.74) is 5.80. The molecule has 1 rings (SSSR count). The molecule has 5 nitrogen and oxygen atoms in total. The molecule has 0 spiro atoms. The van der Waals surface area contributed by atoms with Gasteiger partial charge in [-0.2, -0.15) is 0 Å². The Bertz CT molecular complexity index is 278. The third kappa shape index (κ3) is 3.20. The largest absolute Gasteiger partial charge is 0.352 e. The summed E-state index contributed by atoms with van der Waals surface area (Å²) in [5, 5.41) is 2.80. The fraction of sp³-hybridized carbons (Fsp3) is 0.818. The molecule has 0 aromatic rings. The molecule has 2 amide bonds. The van der Waals surface area contributed by atoms with Gasteiger partial charge in [0, 0.05) is 25.0 Å². The zero-order chi connectivity index (χ0) is 12.3. The molecule has 0 bridgehead atoms. The minimum absolute atomic E-state index is 0.00741. The van der Waals surface area contributed by atoms with Crippen molar-refractivity contribution in [1.82, 2.24) is 10.2 Å². The minimum atomic E-state index is -0.429. The number of hydrogen-bond donors (Lipinski definition) is 2. The SMILES string of the molecule is CC(C)NC(=O)[C@@H](C)N1C[C@@H](N)CCC1=O. The zero-order valence-corrected chi connectivity index (χ0v) is 10.2. The summed E-state index contributed by atoms with van der Waals surface area (Å²) in [7, 11) is 0. The van der Waals surface area contributed by atoms with E-state index in [-0.39, 0.29) is 23.9 Å². The van der Waals surface area contributed by atoms with E-state index in [1.807, 2.05) is 13.8 Å². The predicted octanol–water partition coefficient (Wildman–Crippen LogP) is -0.151. The number of carbonyl (C=O) groups is 2. The highest BCUT2D eigenvalue weighted by molar-refractivity contribution is 5.87. The summed E-state index contributed by atoms with van der Waals surface area (Å²) < 4.78 is 0. The maximum Gasteiger partial charge on any atom is 0.242 e. The van der Waals surface area contributed by atoms with Gasteiger partial charge in [0.1, 0.15) is 6.04 Å². The van der Waals surface area contributed by atoms with E-state index < -0.39 is 6.04 Å². The fourth-order valence-electron chi connectivity index (χ4n) is 1.82. The lowest BCUT2D eigenvalue weighted by Crippen LogP contribution is -2.55. The van der Waals surface area contributed by atoms with Crippen LogP contribution in [0.2, 0.25) is 0 Å². The van der Waals surface area contributed by atoms with Gasteiger partial charge >= 0.3 is 0 Å². The van der Waals surface area contributed by atoms with Crippen LogP contribution >= 0.6 is 0 Å². The second-order valence-electron chi connectivity index (χ2n) is 4.68. The highest BCUT2D eigenvalue weighted by Gasteiger charge is 2.30. The lowest BCUT2D eigenvalue weighted by molar-refractivity contribution is -0.142. The van der Waals surface area contributed by atoms with Crippen LogP contribution in [-0.4, -0.2) is 41.4 Å². The predicted molar refractivity (Wildman–Crippen MR) is 61.7 cm³/mol. The standard InChI is InChI=1S/C11H21N3O2/c1-7(2)13-11(16)8(3)14-6-9(12)4-5-10(14)15/h7-9H,4-6,12H2,1-3H3,(H,13,16)/t8-,9+/m1/s1. The fourth-order valence-corrected chi connectivity index (χ4v) is 1.82. The third-order valence-corrected chi connectivity index (χ3v) is 2.76. The van der Waals surface area contributed by atoms with Crippen molar-refractivity contribution < 1.29 is 9.59 Å². The van der Waals surface area contributed by atoms with Crippen LogP contribution in [-0.2, 0) is 9.59 Å². The number of rotatable bonds is 3. The summed E-state index contributed by atoms with van der Waals surface area (Å²) in [6.07, 6.45) is 1.16.